The van der Waals surface area contributed by atoms with E-state index in [4.69, 9.17) is 4.74 Å². The molecule has 2 N–H and O–H groups in total. The van der Waals surface area contributed by atoms with Crippen LogP contribution in [0, 0.1) is 0 Å². The van der Waals surface area contributed by atoms with Gasteiger partial charge in [0.1, 0.15) is 0 Å². The van der Waals surface area contributed by atoms with Gasteiger partial charge < -0.3 is 15.4 Å². The SMILES string of the molecule is O=C(CNCC1CCCO1)NCc1cccs1. The molecule has 1 unspecified atom stereocenters. The van der Waals surface area contributed by atoms with E-state index in [-0.39, 0.29) is 5.91 Å². The fourth-order valence-electron chi connectivity index (χ4n) is 1.81. The third-order valence-electron chi connectivity index (χ3n) is 2.72. The van der Waals surface area contributed by atoms with Crippen molar-refractivity contribution in [2.45, 2.75) is 25.5 Å². The molecule has 0 aromatic carbocycles. The molecule has 2 rings (SSSR count). The Balaban J connectivity index is 1.54. The van der Waals surface area contributed by atoms with E-state index in [1.165, 1.54) is 4.88 Å². The van der Waals surface area contributed by atoms with E-state index in [1.807, 2.05) is 17.5 Å². The van der Waals surface area contributed by atoms with E-state index < -0.39 is 0 Å². The second-order valence-corrected chi connectivity index (χ2v) is 5.15. The van der Waals surface area contributed by atoms with Crippen LogP contribution in [0.5, 0.6) is 0 Å². The maximum absolute atomic E-state index is 11.5. The zero-order valence-electron chi connectivity index (χ0n) is 9.78. The third-order valence-corrected chi connectivity index (χ3v) is 3.60. The molecule has 1 amide bonds. The summed E-state index contributed by atoms with van der Waals surface area (Å²) in [4.78, 5) is 12.7. The Kier molecular flexibility index (Phi) is 4.97. The monoisotopic (exact) mass is 254 g/mol. The number of thiophene rings is 1. The molecule has 1 saturated heterocycles. The molecule has 4 nitrogen and oxygen atoms in total. The minimum atomic E-state index is 0.0383. The Bertz CT molecular complexity index is 334. The van der Waals surface area contributed by atoms with Crippen LogP contribution in [0.4, 0.5) is 0 Å². The topological polar surface area (TPSA) is 50.4 Å². The molecule has 0 spiro atoms. The van der Waals surface area contributed by atoms with Gasteiger partial charge >= 0.3 is 0 Å². The molecule has 1 aliphatic heterocycles. The lowest BCUT2D eigenvalue weighted by Crippen LogP contribution is -2.36. The molecule has 17 heavy (non-hydrogen) atoms. The zero-order valence-corrected chi connectivity index (χ0v) is 10.6. The molecular formula is C12H18N2O2S. The third kappa shape index (κ3) is 4.46. The standard InChI is InChI=1S/C12H18N2O2S/c15-12(14-8-11-4-2-6-17-11)9-13-7-10-3-1-5-16-10/h2,4,6,10,13H,1,3,5,7-9H2,(H,14,15). The highest BCUT2D eigenvalue weighted by Gasteiger charge is 2.14. The van der Waals surface area contributed by atoms with E-state index in [0.717, 1.165) is 26.0 Å². The lowest BCUT2D eigenvalue weighted by molar-refractivity contribution is -0.120. The average molecular weight is 254 g/mol. The summed E-state index contributed by atoms with van der Waals surface area (Å²) in [6.07, 6.45) is 2.53. The first-order chi connectivity index (χ1) is 8.34. The van der Waals surface area contributed by atoms with Gasteiger partial charge in [-0.2, -0.15) is 0 Å². The molecule has 1 aromatic heterocycles. The van der Waals surface area contributed by atoms with Gasteiger partial charge in [0, 0.05) is 18.0 Å². The van der Waals surface area contributed by atoms with Crippen molar-refractivity contribution in [3.05, 3.63) is 22.4 Å². The molecular weight excluding hydrogens is 236 g/mol. The Hall–Kier alpha value is -0.910. The number of hydrogen-bond donors (Lipinski definition) is 2. The lowest BCUT2D eigenvalue weighted by atomic mass is 10.2. The van der Waals surface area contributed by atoms with Crippen LogP contribution in [0.25, 0.3) is 0 Å². The van der Waals surface area contributed by atoms with Crippen molar-refractivity contribution in [2.75, 3.05) is 19.7 Å². The highest BCUT2D eigenvalue weighted by molar-refractivity contribution is 7.09. The Morgan fingerprint density at radius 1 is 1.59 bits per heavy atom. The molecule has 0 bridgehead atoms. The van der Waals surface area contributed by atoms with E-state index in [9.17, 15) is 4.79 Å². The molecule has 0 saturated carbocycles. The van der Waals surface area contributed by atoms with Crippen LogP contribution in [0.2, 0.25) is 0 Å². The van der Waals surface area contributed by atoms with Gasteiger partial charge in [0.25, 0.3) is 0 Å². The Morgan fingerprint density at radius 2 is 2.53 bits per heavy atom. The molecule has 94 valence electrons. The van der Waals surface area contributed by atoms with Gasteiger partial charge in [0.05, 0.1) is 19.2 Å². The summed E-state index contributed by atoms with van der Waals surface area (Å²) in [5, 5.41) is 8.01. The second-order valence-electron chi connectivity index (χ2n) is 4.12. The average Bonchev–Trinajstić information content (AvgIpc) is 2.99. The lowest BCUT2D eigenvalue weighted by Gasteiger charge is -2.10. The zero-order chi connectivity index (χ0) is 11.9. The van der Waals surface area contributed by atoms with E-state index in [2.05, 4.69) is 10.6 Å². The quantitative estimate of drug-likeness (QED) is 0.800. The molecule has 1 aromatic rings. The number of carbonyl (C=O) groups is 1. The van der Waals surface area contributed by atoms with Crippen LogP contribution in [0.15, 0.2) is 17.5 Å². The number of amides is 1. The van der Waals surface area contributed by atoms with E-state index >= 15 is 0 Å². The summed E-state index contributed by atoms with van der Waals surface area (Å²) >= 11 is 1.65. The number of nitrogens with one attached hydrogen (secondary N) is 2. The molecule has 2 heterocycles. The summed E-state index contributed by atoms with van der Waals surface area (Å²) in [5.41, 5.74) is 0. The van der Waals surface area contributed by atoms with Crippen molar-refractivity contribution in [1.82, 2.24) is 10.6 Å². The second kappa shape index (κ2) is 6.74. The van der Waals surface area contributed by atoms with Crippen LogP contribution in [0.1, 0.15) is 17.7 Å². The molecule has 0 radical (unpaired) electrons. The van der Waals surface area contributed by atoms with Crippen LogP contribution < -0.4 is 10.6 Å². The van der Waals surface area contributed by atoms with Crippen LogP contribution in [0.3, 0.4) is 0 Å². The summed E-state index contributed by atoms with van der Waals surface area (Å²) < 4.78 is 5.46. The van der Waals surface area contributed by atoms with Crippen LogP contribution in [-0.2, 0) is 16.1 Å². The maximum Gasteiger partial charge on any atom is 0.234 e. The van der Waals surface area contributed by atoms with Crippen molar-refractivity contribution < 1.29 is 9.53 Å². The first-order valence-electron chi connectivity index (χ1n) is 5.96. The van der Waals surface area contributed by atoms with E-state index in [1.54, 1.807) is 11.3 Å². The van der Waals surface area contributed by atoms with Gasteiger partial charge in [0.15, 0.2) is 0 Å². The van der Waals surface area contributed by atoms with Gasteiger partial charge in [-0.3, -0.25) is 4.79 Å². The smallest absolute Gasteiger partial charge is 0.234 e. The fraction of sp³-hybridized carbons (Fsp3) is 0.583. The predicted octanol–water partition coefficient (Wildman–Crippen LogP) is 1.13. The highest BCUT2D eigenvalue weighted by atomic mass is 32.1. The summed E-state index contributed by atoms with van der Waals surface area (Å²) in [6, 6.07) is 4.01. The molecule has 5 heteroatoms. The van der Waals surface area contributed by atoms with Gasteiger partial charge in [0.2, 0.25) is 5.91 Å². The number of hydrogen-bond acceptors (Lipinski definition) is 4. The van der Waals surface area contributed by atoms with Crippen LogP contribution in [-0.4, -0.2) is 31.7 Å². The molecule has 1 atom stereocenters. The minimum Gasteiger partial charge on any atom is -0.377 e. The van der Waals surface area contributed by atoms with Gasteiger partial charge in [-0.15, -0.1) is 11.3 Å². The summed E-state index contributed by atoms with van der Waals surface area (Å²) in [6.45, 7) is 2.62. The summed E-state index contributed by atoms with van der Waals surface area (Å²) in [5.74, 6) is 0.0383. The van der Waals surface area contributed by atoms with Gasteiger partial charge in [-0.05, 0) is 24.3 Å². The first-order valence-corrected chi connectivity index (χ1v) is 6.84. The predicted molar refractivity (Wildman–Crippen MR) is 68.0 cm³/mol. The van der Waals surface area contributed by atoms with Crippen molar-refractivity contribution >= 4 is 17.2 Å². The highest BCUT2D eigenvalue weighted by Crippen LogP contribution is 2.10. The summed E-state index contributed by atoms with van der Waals surface area (Å²) in [7, 11) is 0. The van der Waals surface area contributed by atoms with Crippen molar-refractivity contribution in [2.24, 2.45) is 0 Å². The Labute approximate surface area is 105 Å². The van der Waals surface area contributed by atoms with E-state index in [0.29, 0.717) is 19.2 Å². The molecule has 1 aliphatic rings. The normalized spacial score (nSPS) is 19.4. The van der Waals surface area contributed by atoms with Gasteiger partial charge in [-0.25, -0.2) is 0 Å². The maximum atomic E-state index is 11.5. The first kappa shape index (κ1) is 12.5. The number of rotatable bonds is 6. The van der Waals surface area contributed by atoms with Gasteiger partial charge in [-0.1, -0.05) is 6.07 Å². The van der Waals surface area contributed by atoms with Crippen molar-refractivity contribution in [3.63, 3.8) is 0 Å². The number of ether oxygens (including phenoxy) is 1. The Morgan fingerprint density at radius 3 is 3.24 bits per heavy atom. The van der Waals surface area contributed by atoms with Crippen molar-refractivity contribution in [1.29, 1.82) is 0 Å². The van der Waals surface area contributed by atoms with Crippen LogP contribution >= 0.6 is 11.3 Å². The largest absolute Gasteiger partial charge is 0.377 e. The molecule has 1 fully saturated rings. The fourth-order valence-corrected chi connectivity index (χ4v) is 2.46. The molecule has 0 aliphatic carbocycles. The minimum absolute atomic E-state index is 0.0383. The number of carbonyl (C=O) groups excluding carboxylic acids is 1. The van der Waals surface area contributed by atoms with Crippen molar-refractivity contribution in [3.8, 4) is 0 Å².